The Labute approximate surface area is 151 Å². The predicted molar refractivity (Wildman–Crippen MR) is 90.0 cm³/mol. The number of aromatic hydroxyl groups is 1. The molecule has 10 nitrogen and oxygen atoms in total. The van der Waals surface area contributed by atoms with Crippen molar-refractivity contribution in [3.63, 3.8) is 0 Å². The lowest BCUT2D eigenvalue weighted by atomic mass is 10.1. The highest BCUT2D eigenvalue weighted by molar-refractivity contribution is 7.94. The second-order valence-electron chi connectivity index (χ2n) is 5.11. The molecule has 0 saturated heterocycles. The van der Waals surface area contributed by atoms with E-state index >= 15 is 0 Å². The highest BCUT2D eigenvalue weighted by Gasteiger charge is 2.23. The summed E-state index contributed by atoms with van der Waals surface area (Å²) < 4.78 is 37.5. The minimum Gasteiger partial charge on any atom is -0.507 e. The Morgan fingerprint density at radius 2 is 1.92 bits per heavy atom. The van der Waals surface area contributed by atoms with Gasteiger partial charge in [0.15, 0.2) is 0 Å². The molecule has 0 bridgehead atoms. The SMILES string of the molecule is CC(=O)CC(=O)Nc1ccc2c(O)cc(SOOO)cc2c1S(=O)(=O)O. The summed E-state index contributed by atoms with van der Waals surface area (Å²) in [6.07, 6.45) is -0.480. The van der Waals surface area contributed by atoms with Gasteiger partial charge in [0.25, 0.3) is 10.1 Å². The van der Waals surface area contributed by atoms with Gasteiger partial charge in [-0.15, -0.1) is 4.33 Å². The second-order valence-corrected chi connectivity index (χ2v) is 7.24. The van der Waals surface area contributed by atoms with Gasteiger partial charge in [0.05, 0.1) is 24.2 Å². The third-order valence-electron chi connectivity index (χ3n) is 3.14. The third kappa shape index (κ3) is 4.69. The first-order chi connectivity index (χ1) is 12.1. The first-order valence-electron chi connectivity index (χ1n) is 6.84. The molecule has 0 spiro atoms. The Hall–Kier alpha value is -2.22. The minimum absolute atomic E-state index is 0.0662. The van der Waals surface area contributed by atoms with Crippen molar-refractivity contribution in [1.29, 1.82) is 0 Å². The van der Waals surface area contributed by atoms with E-state index in [0.29, 0.717) is 12.0 Å². The summed E-state index contributed by atoms with van der Waals surface area (Å²) in [5.74, 6) is -1.55. The zero-order valence-corrected chi connectivity index (χ0v) is 14.8. The van der Waals surface area contributed by atoms with Crippen molar-refractivity contribution in [3.05, 3.63) is 24.3 Å². The van der Waals surface area contributed by atoms with Gasteiger partial charge in [-0.05, 0) is 31.2 Å². The number of hydrogen-bond donors (Lipinski definition) is 4. The van der Waals surface area contributed by atoms with E-state index in [1.54, 1.807) is 0 Å². The lowest BCUT2D eigenvalue weighted by Gasteiger charge is -2.13. The molecule has 2 aromatic carbocycles. The standard InChI is InChI=1S/C14H13NO9S2/c1-7(16)4-13(18)15-11-3-2-9-10(14(11)26(20,21)22)5-8(6-12(9)17)25-24-23-19/h2-3,5-6,17,19H,4H2,1H3,(H,15,18)(H,20,21,22). The van der Waals surface area contributed by atoms with Crippen LogP contribution in [0.15, 0.2) is 34.1 Å². The van der Waals surface area contributed by atoms with E-state index in [0.717, 1.165) is 0 Å². The molecule has 1 amide bonds. The molecule has 4 N–H and O–H groups in total. The molecule has 0 fully saturated rings. The summed E-state index contributed by atoms with van der Waals surface area (Å²) in [5, 5.41) is 23.9. The van der Waals surface area contributed by atoms with Crippen LogP contribution in [0.3, 0.4) is 0 Å². The van der Waals surface area contributed by atoms with E-state index in [2.05, 4.69) is 14.7 Å². The van der Waals surface area contributed by atoms with Crippen LogP contribution in [0, 0.1) is 0 Å². The number of phenols is 1. The molecule has 2 rings (SSSR count). The number of ketones is 1. The molecule has 0 aliphatic rings. The number of phenolic OH excluding ortho intramolecular Hbond substituents is 1. The number of hydrogen-bond acceptors (Lipinski definition) is 9. The van der Waals surface area contributed by atoms with E-state index < -0.39 is 33.1 Å². The third-order valence-corrected chi connectivity index (χ3v) is 4.65. The van der Waals surface area contributed by atoms with Crippen molar-refractivity contribution >= 4 is 50.3 Å². The van der Waals surface area contributed by atoms with Crippen molar-refractivity contribution in [1.82, 2.24) is 0 Å². The van der Waals surface area contributed by atoms with Crippen molar-refractivity contribution in [2.45, 2.75) is 23.1 Å². The van der Waals surface area contributed by atoms with Crippen LogP contribution in [0.4, 0.5) is 5.69 Å². The average Bonchev–Trinajstić information content (AvgIpc) is 2.50. The van der Waals surface area contributed by atoms with Gasteiger partial charge in [-0.3, -0.25) is 14.1 Å². The maximum Gasteiger partial charge on any atom is 0.297 e. The van der Waals surface area contributed by atoms with Crippen LogP contribution in [-0.2, 0) is 29.1 Å². The second kappa shape index (κ2) is 7.99. The first-order valence-corrected chi connectivity index (χ1v) is 9.03. The molecular formula is C14H13NO9S2. The van der Waals surface area contributed by atoms with Crippen LogP contribution in [0.1, 0.15) is 13.3 Å². The van der Waals surface area contributed by atoms with Crippen LogP contribution < -0.4 is 5.32 Å². The Morgan fingerprint density at radius 1 is 1.23 bits per heavy atom. The number of fused-ring (bicyclic) bond motifs is 1. The molecule has 2 aromatic rings. The van der Waals surface area contributed by atoms with Crippen LogP contribution in [0.5, 0.6) is 5.75 Å². The van der Waals surface area contributed by atoms with E-state index in [-0.39, 0.29) is 27.1 Å². The number of Topliss-reactive ketones (excluding diaryl/α,β-unsaturated/α-hetero) is 1. The minimum atomic E-state index is -4.83. The first kappa shape index (κ1) is 20.1. The highest BCUT2D eigenvalue weighted by atomic mass is 32.2. The normalized spacial score (nSPS) is 11.5. The predicted octanol–water partition coefficient (Wildman–Crippen LogP) is 2.14. The van der Waals surface area contributed by atoms with Gasteiger partial charge in [0, 0.05) is 15.7 Å². The van der Waals surface area contributed by atoms with Gasteiger partial charge in [0.1, 0.15) is 16.4 Å². The molecule has 0 aromatic heterocycles. The smallest absolute Gasteiger partial charge is 0.297 e. The number of rotatable bonds is 7. The summed E-state index contributed by atoms with van der Waals surface area (Å²) in [4.78, 5) is 22.3. The van der Waals surface area contributed by atoms with E-state index in [4.69, 9.17) is 5.26 Å². The summed E-state index contributed by atoms with van der Waals surface area (Å²) in [6.45, 7) is 1.19. The van der Waals surface area contributed by atoms with Crippen LogP contribution in [0.25, 0.3) is 10.8 Å². The van der Waals surface area contributed by atoms with E-state index in [1.165, 1.54) is 31.2 Å². The lowest BCUT2D eigenvalue weighted by molar-refractivity contribution is -0.432. The highest BCUT2D eigenvalue weighted by Crippen LogP contribution is 2.38. The molecule has 0 saturated carbocycles. The van der Waals surface area contributed by atoms with Gasteiger partial charge in [-0.1, -0.05) is 5.04 Å². The molecular weight excluding hydrogens is 390 g/mol. The summed E-state index contributed by atoms with van der Waals surface area (Å²) in [7, 11) is -4.83. The van der Waals surface area contributed by atoms with E-state index in [9.17, 15) is 27.7 Å². The van der Waals surface area contributed by atoms with Gasteiger partial charge in [-0.25, -0.2) is 5.26 Å². The molecule has 12 heteroatoms. The zero-order chi connectivity index (χ0) is 19.5. The largest absolute Gasteiger partial charge is 0.507 e. The molecule has 140 valence electrons. The van der Waals surface area contributed by atoms with Gasteiger partial charge in [-0.2, -0.15) is 8.42 Å². The van der Waals surface area contributed by atoms with Crippen LogP contribution in [0.2, 0.25) is 0 Å². The number of anilines is 1. The molecule has 0 unspecified atom stereocenters. The fourth-order valence-electron chi connectivity index (χ4n) is 2.26. The summed E-state index contributed by atoms with van der Waals surface area (Å²) in [5.41, 5.74) is -0.271. The number of benzene rings is 2. The number of amides is 1. The van der Waals surface area contributed by atoms with Crippen molar-refractivity contribution < 1.29 is 42.3 Å². The number of carbonyl (C=O) groups is 2. The number of carbonyl (C=O) groups excluding carboxylic acids is 2. The molecule has 0 heterocycles. The fraction of sp³-hybridized carbons (Fsp3) is 0.143. The molecule has 26 heavy (non-hydrogen) atoms. The zero-order valence-electron chi connectivity index (χ0n) is 13.1. The Balaban J connectivity index is 2.66. The van der Waals surface area contributed by atoms with Crippen LogP contribution in [-0.4, -0.2) is 35.0 Å². The monoisotopic (exact) mass is 403 g/mol. The van der Waals surface area contributed by atoms with Crippen molar-refractivity contribution in [2.24, 2.45) is 0 Å². The molecule has 0 radical (unpaired) electrons. The Morgan fingerprint density at radius 3 is 2.50 bits per heavy atom. The quantitative estimate of drug-likeness (QED) is 0.177. The Bertz CT molecular complexity index is 972. The summed E-state index contributed by atoms with van der Waals surface area (Å²) in [6, 6.07) is 4.92. The molecule has 0 aliphatic heterocycles. The Kier molecular flexibility index (Phi) is 6.17. The summed E-state index contributed by atoms with van der Waals surface area (Å²) >= 11 is 0.456. The fourth-order valence-corrected chi connectivity index (χ4v) is 3.54. The maximum absolute atomic E-state index is 11.9. The van der Waals surface area contributed by atoms with Gasteiger partial charge in [0.2, 0.25) is 5.91 Å². The maximum atomic E-state index is 11.9. The van der Waals surface area contributed by atoms with Gasteiger partial charge >= 0.3 is 0 Å². The molecule has 0 aliphatic carbocycles. The van der Waals surface area contributed by atoms with Crippen LogP contribution >= 0.6 is 12.0 Å². The van der Waals surface area contributed by atoms with Gasteiger partial charge < -0.3 is 10.4 Å². The average molecular weight is 403 g/mol. The van der Waals surface area contributed by atoms with Crippen molar-refractivity contribution in [2.75, 3.05) is 5.32 Å². The molecule has 0 atom stereocenters. The number of nitrogens with one attached hydrogen (secondary N) is 1. The van der Waals surface area contributed by atoms with E-state index in [1.807, 2.05) is 0 Å². The lowest BCUT2D eigenvalue weighted by Crippen LogP contribution is -2.17. The van der Waals surface area contributed by atoms with Crippen molar-refractivity contribution in [3.8, 4) is 5.75 Å². The topological polar surface area (TPSA) is 159 Å².